The molecule has 108 valence electrons. The molecule has 0 atom stereocenters. The van der Waals surface area contributed by atoms with Crippen LogP contribution in [0.25, 0.3) is 11.0 Å². The largest absolute Gasteiger partial charge is 0.487 e. The van der Waals surface area contributed by atoms with Crippen molar-refractivity contribution in [2.45, 2.75) is 13.5 Å². The molecule has 2 heterocycles. The number of nitrogens with zero attached hydrogens (tertiary/aromatic N) is 2. The molecule has 0 fully saturated rings. The minimum Gasteiger partial charge on any atom is -0.487 e. The van der Waals surface area contributed by atoms with Crippen LogP contribution < -0.4 is 4.74 Å². The van der Waals surface area contributed by atoms with Crippen molar-refractivity contribution in [2.75, 3.05) is 0 Å². The molecular formula is C15H14N2O4. The Labute approximate surface area is 120 Å². The SMILES string of the molecule is Cc1oc2ccc(OCc3ccn(C)n3)cc2c1C(=O)O. The molecule has 6 heteroatoms. The number of carbonyl (C=O) groups is 1. The van der Waals surface area contributed by atoms with Crippen LogP contribution in [0.1, 0.15) is 21.8 Å². The van der Waals surface area contributed by atoms with E-state index in [0.717, 1.165) is 5.69 Å². The van der Waals surface area contributed by atoms with Crippen molar-refractivity contribution in [1.82, 2.24) is 9.78 Å². The lowest BCUT2D eigenvalue weighted by Crippen LogP contribution is -1.99. The van der Waals surface area contributed by atoms with Crippen LogP contribution in [-0.4, -0.2) is 20.9 Å². The summed E-state index contributed by atoms with van der Waals surface area (Å²) in [6, 6.07) is 7.00. The Bertz CT molecular complexity index is 816. The van der Waals surface area contributed by atoms with Crippen molar-refractivity contribution in [3.8, 4) is 5.75 Å². The van der Waals surface area contributed by atoms with Crippen LogP contribution in [0, 0.1) is 6.92 Å². The first-order valence-electron chi connectivity index (χ1n) is 6.42. The molecule has 3 aromatic rings. The number of rotatable bonds is 4. The van der Waals surface area contributed by atoms with E-state index in [-0.39, 0.29) is 5.56 Å². The van der Waals surface area contributed by atoms with E-state index in [4.69, 9.17) is 9.15 Å². The molecule has 0 saturated carbocycles. The van der Waals surface area contributed by atoms with Gasteiger partial charge in [0.1, 0.15) is 29.3 Å². The molecule has 3 rings (SSSR count). The molecule has 0 saturated heterocycles. The minimum atomic E-state index is -1.01. The van der Waals surface area contributed by atoms with Crippen molar-refractivity contribution >= 4 is 16.9 Å². The summed E-state index contributed by atoms with van der Waals surface area (Å²) in [4.78, 5) is 11.3. The number of aryl methyl sites for hydroxylation is 2. The van der Waals surface area contributed by atoms with E-state index in [9.17, 15) is 9.90 Å². The zero-order valence-corrected chi connectivity index (χ0v) is 11.7. The standard InChI is InChI=1S/C15H14N2O4/c1-9-14(15(18)19)12-7-11(3-4-13(12)21-9)20-8-10-5-6-17(2)16-10/h3-7H,8H2,1-2H3,(H,18,19). The Hall–Kier alpha value is -2.76. The van der Waals surface area contributed by atoms with Crippen LogP contribution >= 0.6 is 0 Å². The quantitative estimate of drug-likeness (QED) is 0.798. The van der Waals surface area contributed by atoms with Crippen LogP contribution in [0.5, 0.6) is 5.75 Å². The number of aromatic carboxylic acids is 1. The number of carboxylic acid groups (broad SMARTS) is 1. The summed E-state index contributed by atoms with van der Waals surface area (Å²) in [5, 5.41) is 14.0. The normalized spacial score (nSPS) is 11.0. The maximum Gasteiger partial charge on any atom is 0.339 e. The number of hydrogen-bond donors (Lipinski definition) is 1. The molecule has 0 aliphatic rings. The van der Waals surface area contributed by atoms with Gasteiger partial charge in [-0.2, -0.15) is 5.10 Å². The first kappa shape index (κ1) is 13.2. The second kappa shape index (κ2) is 4.97. The highest BCUT2D eigenvalue weighted by molar-refractivity contribution is 6.03. The fourth-order valence-electron chi connectivity index (χ4n) is 2.25. The van der Waals surface area contributed by atoms with Crippen molar-refractivity contribution in [2.24, 2.45) is 7.05 Å². The predicted octanol–water partition coefficient (Wildman–Crippen LogP) is 2.75. The third-order valence-electron chi connectivity index (χ3n) is 3.20. The maximum absolute atomic E-state index is 11.3. The van der Waals surface area contributed by atoms with Crippen molar-refractivity contribution < 1.29 is 19.1 Å². The van der Waals surface area contributed by atoms with Gasteiger partial charge in [-0.25, -0.2) is 4.79 Å². The summed E-state index contributed by atoms with van der Waals surface area (Å²) >= 11 is 0. The van der Waals surface area contributed by atoms with E-state index in [0.29, 0.717) is 29.1 Å². The van der Waals surface area contributed by atoms with Gasteiger partial charge in [-0.1, -0.05) is 0 Å². The molecular weight excluding hydrogens is 272 g/mol. The molecule has 21 heavy (non-hydrogen) atoms. The Balaban J connectivity index is 1.89. The van der Waals surface area contributed by atoms with Gasteiger partial charge in [-0.15, -0.1) is 0 Å². The van der Waals surface area contributed by atoms with Gasteiger partial charge in [0.2, 0.25) is 0 Å². The van der Waals surface area contributed by atoms with Gasteiger partial charge in [0.25, 0.3) is 0 Å². The first-order chi connectivity index (χ1) is 10.0. The lowest BCUT2D eigenvalue weighted by molar-refractivity contribution is 0.0697. The summed E-state index contributed by atoms with van der Waals surface area (Å²) < 4.78 is 12.8. The Morgan fingerprint density at radius 1 is 1.43 bits per heavy atom. The molecule has 2 aromatic heterocycles. The molecule has 1 N–H and O–H groups in total. The molecule has 0 amide bonds. The third kappa shape index (κ3) is 2.47. The van der Waals surface area contributed by atoms with Gasteiger partial charge in [-0.05, 0) is 31.2 Å². The summed E-state index contributed by atoms with van der Waals surface area (Å²) in [5.74, 6) is -0.0380. The third-order valence-corrected chi connectivity index (χ3v) is 3.20. The lowest BCUT2D eigenvalue weighted by atomic mass is 10.1. The predicted molar refractivity (Wildman–Crippen MR) is 75.5 cm³/mol. The van der Waals surface area contributed by atoms with Gasteiger partial charge in [-0.3, -0.25) is 4.68 Å². The molecule has 0 aliphatic carbocycles. The molecule has 0 radical (unpaired) electrons. The summed E-state index contributed by atoms with van der Waals surface area (Å²) in [6.45, 7) is 1.96. The second-order valence-electron chi connectivity index (χ2n) is 4.77. The number of benzene rings is 1. The number of ether oxygens (including phenoxy) is 1. The summed E-state index contributed by atoms with van der Waals surface area (Å²) in [6.07, 6.45) is 1.84. The average molecular weight is 286 g/mol. The van der Waals surface area contributed by atoms with Crippen molar-refractivity contribution in [3.63, 3.8) is 0 Å². The fraction of sp³-hybridized carbons (Fsp3) is 0.200. The highest BCUT2D eigenvalue weighted by Gasteiger charge is 2.17. The highest BCUT2D eigenvalue weighted by atomic mass is 16.5. The molecule has 6 nitrogen and oxygen atoms in total. The highest BCUT2D eigenvalue weighted by Crippen LogP contribution is 2.29. The monoisotopic (exact) mass is 286 g/mol. The van der Waals surface area contributed by atoms with Crippen LogP contribution in [0.4, 0.5) is 0 Å². The van der Waals surface area contributed by atoms with E-state index in [1.807, 2.05) is 19.3 Å². The van der Waals surface area contributed by atoms with Gasteiger partial charge in [0.15, 0.2) is 0 Å². The van der Waals surface area contributed by atoms with Crippen LogP contribution in [0.15, 0.2) is 34.9 Å². The van der Waals surface area contributed by atoms with Gasteiger partial charge >= 0.3 is 5.97 Å². The molecule has 0 bridgehead atoms. The smallest absolute Gasteiger partial charge is 0.339 e. The van der Waals surface area contributed by atoms with Crippen molar-refractivity contribution in [3.05, 3.63) is 47.5 Å². The van der Waals surface area contributed by atoms with Crippen LogP contribution in [-0.2, 0) is 13.7 Å². The first-order valence-corrected chi connectivity index (χ1v) is 6.42. The Morgan fingerprint density at radius 2 is 2.24 bits per heavy atom. The van der Waals surface area contributed by atoms with E-state index in [2.05, 4.69) is 5.10 Å². The second-order valence-corrected chi connectivity index (χ2v) is 4.77. The van der Waals surface area contributed by atoms with Gasteiger partial charge < -0.3 is 14.3 Å². The van der Waals surface area contributed by atoms with Crippen LogP contribution in [0.2, 0.25) is 0 Å². The molecule has 0 unspecified atom stereocenters. The van der Waals surface area contributed by atoms with E-state index in [1.54, 1.807) is 29.8 Å². The van der Waals surface area contributed by atoms with Gasteiger partial charge in [0, 0.05) is 18.6 Å². The number of hydrogen-bond acceptors (Lipinski definition) is 4. The molecule has 0 aliphatic heterocycles. The van der Waals surface area contributed by atoms with E-state index >= 15 is 0 Å². The number of aromatic nitrogens is 2. The van der Waals surface area contributed by atoms with Gasteiger partial charge in [0.05, 0.1) is 5.69 Å². The van der Waals surface area contributed by atoms with E-state index in [1.165, 1.54) is 0 Å². The summed E-state index contributed by atoms with van der Waals surface area (Å²) in [7, 11) is 1.84. The topological polar surface area (TPSA) is 77.5 Å². The maximum atomic E-state index is 11.3. The molecule has 1 aromatic carbocycles. The van der Waals surface area contributed by atoms with Crippen molar-refractivity contribution in [1.29, 1.82) is 0 Å². The summed E-state index contributed by atoms with van der Waals surface area (Å²) in [5.41, 5.74) is 1.52. The Kier molecular flexibility index (Phi) is 3.13. The number of fused-ring (bicyclic) bond motifs is 1. The van der Waals surface area contributed by atoms with Crippen LogP contribution in [0.3, 0.4) is 0 Å². The molecule has 0 spiro atoms. The van der Waals surface area contributed by atoms with E-state index < -0.39 is 5.97 Å². The number of furan rings is 1. The zero-order chi connectivity index (χ0) is 15.0. The number of carboxylic acids is 1. The Morgan fingerprint density at radius 3 is 2.90 bits per heavy atom. The fourth-order valence-corrected chi connectivity index (χ4v) is 2.25. The average Bonchev–Trinajstić information content (AvgIpc) is 2.98. The minimum absolute atomic E-state index is 0.174. The lowest BCUT2D eigenvalue weighted by Gasteiger charge is -2.04. The zero-order valence-electron chi connectivity index (χ0n) is 11.7.